The monoisotopic (exact) mass is 213 g/mol. The molecule has 14 heavy (non-hydrogen) atoms. The van der Waals surface area contributed by atoms with Crippen LogP contribution in [0.3, 0.4) is 0 Å². The van der Waals surface area contributed by atoms with Crippen LogP contribution in [0.1, 0.15) is 13.3 Å². The van der Waals surface area contributed by atoms with E-state index in [4.69, 9.17) is 16.3 Å². The predicted octanol–water partition coefficient (Wildman–Crippen LogP) is 2.06. The molecule has 1 unspecified atom stereocenters. The van der Waals surface area contributed by atoms with Gasteiger partial charge in [0.15, 0.2) is 0 Å². The van der Waals surface area contributed by atoms with Crippen LogP contribution >= 0.6 is 11.6 Å². The quantitative estimate of drug-likeness (QED) is 0.720. The summed E-state index contributed by atoms with van der Waals surface area (Å²) in [7, 11) is 0. The lowest BCUT2D eigenvalue weighted by Crippen LogP contribution is -2.47. The number of hydrogen-bond acceptors (Lipinski definition) is 2. The summed E-state index contributed by atoms with van der Waals surface area (Å²) in [6.07, 6.45) is 7.50. The van der Waals surface area contributed by atoms with Gasteiger partial charge in [0.2, 0.25) is 0 Å². The first-order valence-corrected chi connectivity index (χ1v) is 5.52. The van der Waals surface area contributed by atoms with E-state index in [1.807, 2.05) is 6.08 Å². The Bertz CT molecular complexity index is 254. The highest BCUT2D eigenvalue weighted by molar-refractivity contribution is 6.31. The molecule has 0 aromatic heterocycles. The summed E-state index contributed by atoms with van der Waals surface area (Å²) in [5, 5.41) is 4.26. The van der Waals surface area contributed by atoms with E-state index in [9.17, 15) is 0 Å². The van der Waals surface area contributed by atoms with Crippen molar-refractivity contribution >= 4 is 11.6 Å². The summed E-state index contributed by atoms with van der Waals surface area (Å²) >= 11 is 5.96. The van der Waals surface area contributed by atoms with Gasteiger partial charge in [0.05, 0.1) is 12.7 Å². The summed E-state index contributed by atoms with van der Waals surface area (Å²) in [5.41, 5.74) is 0. The molecule has 2 nitrogen and oxygen atoms in total. The van der Waals surface area contributed by atoms with E-state index in [-0.39, 0.29) is 6.10 Å². The van der Waals surface area contributed by atoms with E-state index in [1.165, 1.54) is 0 Å². The Hall–Kier alpha value is -0.310. The van der Waals surface area contributed by atoms with Crippen molar-refractivity contribution in [2.75, 3.05) is 13.2 Å². The van der Waals surface area contributed by atoms with E-state index in [1.54, 1.807) is 0 Å². The molecule has 3 atom stereocenters. The number of allylic oxidation sites excluding steroid dienone is 3. The molecule has 3 heteroatoms. The zero-order valence-electron chi connectivity index (χ0n) is 8.37. The fourth-order valence-corrected chi connectivity index (χ4v) is 2.15. The molecule has 0 spiro atoms. The zero-order chi connectivity index (χ0) is 9.97. The van der Waals surface area contributed by atoms with Crippen LogP contribution in [-0.2, 0) is 4.74 Å². The highest BCUT2D eigenvalue weighted by atomic mass is 35.5. The maximum atomic E-state index is 5.96. The van der Waals surface area contributed by atoms with Gasteiger partial charge in [0.25, 0.3) is 0 Å². The van der Waals surface area contributed by atoms with Gasteiger partial charge in [-0.1, -0.05) is 23.8 Å². The van der Waals surface area contributed by atoms with Gasteiger partial charge in [-0.2, -0.15) is 0 Å². The van der Waals surface area contributed by atoms with E-state index in [0.29, 0.717) is 12.0 Å². The Morgan fingerprint density at radius 2 is 2.43 bits per heavy atom. The second-order valence-corrected chi connectivity index (χ2v) is 4.47. The van der Waals surface area contributed by atoms with Crippen LogP contribution in [0.15, 0.2) is 23.3 Å². The molecule has 0 amide bonds. The van der Waals surface area contributed by atoms with E-state index in [2.05, 4.69) is 24.4 Å². The highest BCUT2D eigenvalue weighted by Gasteiger charge is 2.25. The van der Waals surface area contributed by atoms with E-state index < -0.39 is 0 Å². The molecule has 0 bridgehead atoms. The second-order valence-electron chi connectivity index (χ2n) is 4.03. The summed E-state index contributed by atoms with van der Waals surface area (Å²) in [6, 6.07) is 0.477. The average Bonchev–Trinajstić information content (AvgIpc) is 2.19. The Morgan fingerprint density at radius 3 is 3.07 bits per heavy atom. The SMILES string of the molecule is C[C@@H]1CO[C@@H](C2C=C(Cl)C=CC2)CN1. The Labute approximate surface area is 90.0 Å². The smallest absolute Gasteiger partial charge is 0.0766 e. The molecule has 1 aliphatic carbocycles. The lowest BCUT2D eigenvalue weighted by molar-refractivity contribution is -0.0146. The topological polar surface area (TPSA) is 21.3 Å². The van der Waals surface area contributed by atoms with Gasteiger partial charge < -0.3 is 10.1 Å². The fourth-order valence-electron chi connectivity index (χ4n) is 1.90. The first-order chi connectivity index (χ1) is 6.75. The van der Waals surface area contributed by atoms with Crippen LogP contribution in [-0.4, -0.2) is 25.3 Å². The molecular weight excluding hydrogens is 198 g/mol. The highest BCUT2D eigenvalue weighted by Crippen LogP contribution is 2.24. The predicted molar refractivity (Wildman–Crippen MR) is 58.4 cm³/mol. The third-order valence-corrected chi connectivity index (χ3v) is 3.02. The normalized spacial score (nSPS) is 38.1. The molecule has 1 saturated heterocycles. The number of rotatable bonds is 1. The van der Waals surface area contributed by atoms with Crippen molar-refractivity contribution in [3.63, 3.8) is 0 Å². The first kappa shape index (κ1) is 10.2. The number of nitrogens with one attached hydrogen (secondary N) is 1. The Morgan fingerprint density at radius 1 is 1.57 bits per heavy atom. The Kier molecular flexibility index (Phi) is 3.26. The third kappa shape index (κ3) is 2.38. The minimum absolute atomic E-state index is 0.282. The average molecular weight is 214 g/mol. The number of halogens is 1. The minimum atomic E-state index is 0.282. The number of hydrogen-bond donors (Lipinski definition) is 1. The largest absolute Gasteiger partial charge is 0.375 e. The molecule has 2 aliphatic rings. The molecule has 0 aromatic rings. The van der Waals surface area contributed by atoms with E-state index >= 15 is 0 Å². The van der Waals surface area contributed by atoms with Gasteiger partial charge in [-0.25, -0.2) is 0 Å². The molecule has 0 radical (unpaired) electrons. The summed E-state index contributed by atoms with van der Waals surface area (Å²) < 4.78 is 5.78. The fraction of sp³-hybridized carbons (Fsp3) is 0.636. The molecule has 0 saturated carbocycles. The maximum Gasteiger partial charge on any atom is 0.0766 e. The summed E-state index contributed by atoms with van der Waals surface area (Å²) in [4.78, 5) is 0. The third-order valence-electron chi connectivity index (χ3n) is 2.76. The molecule has 0 aromatic carbocycles. The lowest BCUT2D eigenvalue weighted by Gasteiger charge is -2.33. The molecule has 2 rings (SSSR count). The number of morpholine rings is 1. The van der Waals surface area contributed by atoms with Gasteiger partial charge in [0, 0.05) is 23.5 Å². The van der Waals surface area contributed by atoms with Crippen LogP contribution in [0.4, 0.5) is 0 Å². The standard InChI is InChI=1S/C11H16ClNO/c1-8-7-14-11(6-13-8)9-3-2-4-10(12)5-9/h2,4-5,8-9,11,13H,3,6-7H2,1H3/t8-,9?,11-/m1/s1. The van der Waals surface area contributed by atoms with Gasteiger partial charge in [-0.3, -0.25) is 0 Å². The van der Waals surface area contributed by atoms with Crippen molar-refractivity contribution in [1.29, 1.82) is 0 Å². The van der Waals surface area contributed by atoms with Gasteiger partial charge in [-0.15, -0.1) is 0 Å². The number of ether oxygens (including phenoxy) is 1. The van der Waals surface area contributed by atoms with Crippen LogP contribution in [0.2, 0.25) is 0 Å². The lowest BCUT2D eigenvalue weighted by atomic mass is 9.93. The van der Waals surface area contributed by atoms with Crippen molar-refractivity contribution in [2.45, 2.75) is 25.5 Å². The molecule has 78 valence electrons. The molecule has 1 heterocycles. The second kappa shape index (κ2) is 4.47. The molecular formula is C11H16ClNO. The molecule has 1 aliphatic heterocycles. The van der Waals surface area contributed by atoms with Crippen molar-refractivity contribution in [2.24, 2.45) is 5.92 Å². The van der Waals surface area contributed by atoms with Crippen molar-refractivity contribution in [1.82, 2.24) is 5.32 Å². The summed E-state index contributed by atoms with van der Waals surface area (Å²) in [5.74, 6) is 0.438. The molecule has 1 fully saturated rings. The van der Waals surface area contributed by atoms with Gasteiger partial charge >= 0.3 is 0 Å². The first-order valence-electron chi connectivity index (χ1n) is 5.14. The Balaban J connectivity index is 1.93. The zero-order valence-corrected chi connectivity index (χ0v) is 9.13. The van der Waals surface area contributed by atoms with Crippen LogP contribution in [0.25, 0.3) is 0 Å². The van der Waals surface area contributed by atoms with Crippen molar-refractivity contribution in [3.8, 4) is 0 Å². The van der Waals surface area contributed by atoms with Crippen molar-refractivity contribution < 1.29 is 4.74 Å². The van der Waals surface area contributed by atoms with Crippen LogP contribution in [0, 0.1) is 5.92 Å². The van der Waals surface area contributed by atoms with Crippen LogP contribution in [0.5, 0.6) is 0 Å². The van der Waals surface area contributed by atoms with Gasteiger partial charge in [0.1, 0.15) is 0 Å². The van der Waals surface area contributed by atoms with Crippen LogP contribution < -0.4 is 5.32 Å². The molecule has 1 N–H and O–H groups in total. The minimum Gasteiger partial charge on any atom is -0.375 e. The van der Waals surface area contributed by atoms with Gasteiger partial charge in [-0.05, 0) is 19.4 Å². The van der Waals surface area contributed by atoms with Crippen molar-refractivity contribution in [3.05, 3.63) is 23.3 Å². The summed E-state index contributed by atoms with van der Waals surface area (Å²) in [6.45, 7) is 3.87. The maximum absolute atomic E-state index is 5.96. The van der Waals surface area contributed by atoms with E-state index in [0.717, 1.165) is 24.6 Å².